The standard InChI is InChI=1S/C9H17N3/c1-4-12-6-5-11-8(12)7-9(2,3)10/h5-6H,4,7,10H2,1-3H3. The molecular formula is C9H17N3. The van der Waals surface area contributed by atoms with Crippen LogP contribution in [0.15, 0.2) is 12.4 Å². The number of hydrogen-bond acceptors (Lipinski definition) is 2. The number of nitrogens with zero attached hydrogens (tertiary/aromatic N) is 2. The minimum absolute atomic E-state index is 0.168. The molecule has 1 rings (SSSR count). The van der Waals surface area contributed by atoms with Gasteiger partial charge in [-0.25, -0.2) is 4.98 Å². The first-order valence-corrected chi connectivity index (χ1v) is 4.32. The zero-order valence-corrected chi connectivity index (χ0v) is 8.04. The van der Waals surface area contributed by atoms with E-state index in [-0.39, 0.29) is 5.54 Å². The number of nitrogens with two attached hydrogens (primary N) is 1. The van der Waals surface area contributed by atoms with Crippen LogP contribution in [-0.2, 0) is 13.0 Å². The lowest BCUT2D eigenvalue weighted by Gasteiger charge is -2.18. The Bertz CT molecular complexity index is 245. The number of rotatable bonds is 3. The number of hydrogen-bond donors (Lipinski definition) is 1. The van der Waals surface area contributed by atoms with Crippen LogP contribution >= 0.6 is 0 Å². The van der Waals surface area contributed by atoms with Crippen LogP contribution in [0.1, 0.15) is 26.6 Å². The summed E-state index contributed by atoms with van der Waals surface area (Å²) in [7, 11) is 0. The largest absolute Gasteiger partial charge is 0.335 e. The highest BCUT2D eigenvalue weighted by molar-refractivity contribution is 4.97. The fourth-order valence-corrected chi connectivity index (χ4v) is 1.20. The lowest BCUT2D eigenvalue weighted by molar-refractivity contribution is 0.488. The smallest absolute Gasteiger partial charge is 0.110 e. The summed E-state index contributed by atoms with van der Waals surface area (Å²) in [5.41, 5.74) is 5.73. The van der Waals surface area contributed by atoms with Gasteiger partial charge in [0.1, 0.15) is 5.82 Å². The molecule has 1 aromatic heterocycles. The normalized spacial score (nSPS) is 12.0. The SMILES string of the molecule is CCn1ccnc1CC(C)(C)N. The number of imidazole rings is 1. The van der Waals surface area contributed by atoms with Crippen LogP contribution in [0.4, 0.5) is 0 Å². The van der Waals surface area contributed by atoms with Gasteiger partial charge in [0.15, 0.2) is 0 Å². The lowest BCUT2D eigenvalue weighted by atomic mass is 10.0. The molecular weight excluding hydrogens is 150 g/mol. The van der Waals surface area contributed by atoms with Crippen molar-refractivity contribution in [3.63, 3.8) is 0 Å². The summed E-state index contributed by atoms with van der Waals surface area (Å²) in [5.74, 6) is 1.07. The molecule has 0 aromatic carbocycles. The molecule has 3 heteroatoms. The third-order valence-electron chi connectivity index (χ3n) is 1.76. The second-order valence-electron chi connectivity index (χ2n) is 3.79. The Labute approximate surface area is 73.6 Å². The molecule has 1 aromatic rings. The van der Waals surface area contributed by atoms with Crippen molar-refractivity contribution in [2.75, 3.05) is 0 Å². The maximum absolute atomic E-state index is 5.90. The third-order valence-corrected chi connectivity index (χ3v) is 1.76. The van der Waals surface area contributed by atoms with E-state index < -0.39 is 0 Å². The van der Waals surface area contributed by atoms with Gasteiger partial charge in [0.2, 0.25) is 0 Å². The van der Waals surface area contributed by atoms with Crippen LogP contribution in [0, 0.1) is 0 Å². The van der Waals surface area contributed by atoms with E-state index in [1.165, 1.54) is 0 Å². The van der Waals surface area contributed by atoms with E-state index in [4.69, 9.17) is 5.73 Å². The van der Waals surface area contributed by atoms with Crippen LogP contribution in [0.2, 0.25) is 0 Å². The summed E-state index contributed by atoms with van der Waals surface area (Å²) < 4.78 is 2.12. The Morgan fingerprint density at radius 2 is 2.25 bits per heavy atom. The van der Waals surface area contributed by atoms with Gasteiger partial charge in [0.05, 0.1) is 0 Å². The molecule has 0 saturated heterocycles. The highest BCUT2D eigenvalue weighted by atomic mass is 15.1. The van der Waals surface area contributed by atoms with Gasteiger partial charge in [-0.05, 0) is 20.8 Å². The highest BCUT2D eigenvalue weighted by Gasteiger charge is 2.14. The van der Waals surface area contributed by atoms with Gasteiger partial charge >= 0.3 is 0 Å². The van der Waals surface area contributed by atoms with Crippen LogP contribution in [0.3, 0.4) is 0 Å². The van der Waals surface area contributed by atoms with Gasteiger partial charge in [-0.2, -0.15) is 0 Å². The summed E-state index contributed by atoms with van der Waals surface area (Å²) >= 11 is 0. The maximum Gasteiger partial charge on any atom is 0.110 e. The second kappa shape index (κ2) is 3.27. The molecule has 2 N–H and O–H groups in total. The van der Waals surface area contributed by atoms with E-state index in [0.29, 0.717) is 0 Å². The van der Waals surface area contributed by atoms with Gasteiger partial charge in [-0.15, -0.1) is 0 Å². The molecule has 68 valence electrons. The first kappa shape index (κ1) is 9.26. The maximum atomic E-state index is 5.90. The molecule has 0 spiro atoms. The van der Waals surface area contributed by atoms with Crippen LogP contribution in [0.5, 0.6) is 0 Å². The summed E-state index contributed by atoms with van der Waals surface area (Å²) in [5, 5.41) is 0. The van der Waals surface area contributed by atoms with Gasteiger partial charge in [-0.1, -0.05) is 0 Å². The van der Waals surface area contributed by atoms with Crippen molar-refractivity contribution in [3.8, 4) is 0 Å². The first-order valence-electron chi connectivity index (χ1n) is 4.32. The van der Waals surface area contributed by atoms with Crippen molar-refractivity contribution in [2.24, 2.45) is 5.73 Å². The van der Waals surface area contributed by atoms with Crippen molar-refractivity contribution < 1.29 is 0 Å². The van der Waals surface area contributed by atoms with Crippen LogP contribution in [-0.4, -0.2) is 15.1 Å². The summed E-state index contributed by atoms with van der Waals surface area (Å²) in [6.07, 6.45) is 4.64. The van der Waals surface area contributed by atoms with Gasteiger partial charge in [0, 0.05) is 30.9 Å². The van der Waals surface area contributed by atoms with Gasteiger partial charge in [0.25, 0.3) is 0 Å². The second-order valence-corrected chi connectivity index (χ2v) is 3.79. The summed E-state index contributed by atoms with van der Waals surface area (Å²) in [6, 6.07) is 0. The monoisotopic (exact) mass is 167 g/mol. The number of aryl methyl sites for hydroxylation is 1. The van der Waals surface area contributed by atoms with E-state index in [2.05, 4.69) is 16.5 Å². The van der Waals surface area contributed by atoms with Crippen molar-refractivity contribution in [2.45, 2.75) is 39.3 Å². The fraction of sp³-hybridized carbons (Fsp3) is 0.667. The molecule has 0 bridgehead atoms. The Hall–Kier alpha value is -0.830. The molecule has 0 radical (unpaired) electrons. The van der Waals surface area contributed by atoms with Gasteiger partial charge in [-0.3, -0.25) is 0 Å². The highest BCUT2D eigenvalue weighted by Crippen LogP contribution is 2.07. The molecule has 0 unspecified atom stereocenters. The lowest BCUT2D eigenvalue weighted by Crippen LogP contribution is -2.35. The minimum atomic E-state index is -0.168. The quantitative estimate of drug-likeness (QED) is 0.734. The Morgan fingerprint density at radius 3 is 2.75 bits per heavy atom. The third kappa shape index (κ3) is 2.34. The molecule has 12 heavy (non-hydrogen) atoms. The van der Waals surface area contributed by atoms with E-state index in [0.717, 1.165) is 18.8 Å². The Morgan fingerprint density at radius 1 is 1.58 bits per heavy atom. The van der Waals surface area contributed by atoms with E-state index in [1.54, 1.807) is 0 Å². The minimum Gasteiger partial charge on any atom is -0.335 e. The average Bonchev–Trinajstić information content (AvgIpc) is 2.31. The average molecular weight is 167 g/mol. The van der Waals surface area contributed by atoms with E-state index >= 15 is 0 Å². The molecule has 0 fully saturated rings. The molecule has 3 nitrogen and oxygen atoms in total. The summed E-state index contributed by atoms with van der Waals surface area (Å²) in [6.45, 7) is 7.10. The van der Waals surface area contributed by atoms with Crippen molar-refractivity contribution in [3.05, 3.63) is 18.2 Å². The Balaban J connectivity index is 2.75. The molecule has 0 aliphatic heterocycles. The molecule has 1 heterocycles. The summed E-state index contributed by atoms with van der Waals surface area (Å²) in [4.78, 5) is 4.26. The first-order chi connectivity index (χ1) is 5.53. The molecule has 0 saturated carbocycles. The number of aromatic nitrogens is 2. The molecule has 0 aliphatic carbocycles. The topological polar surface area (TPSA) is 43.8 Å². The molecule has 0 aliphatic rings. The van der Waals surface area contributed by atoms with Crippen molar-refractivity contribution in [1.29, 1.82) is 0 Å². The molecule has 0 amide bonds. The van der Waals surface area contributed by atoms with Crippen LogP contribution < -0.4 is 5.73 Å². The predicted molar refractivity (Wildman–Crippen MR) is 49.9 cm³/mol. The zero-order valence-electron chi connectivity index (χ0n) is 8.04. The van der Waals surface area contributed by atoms with Crippen LogP contribution in [0.25, 0.3) is 0 Å². The van der Waals surface area contributed by atoms with E-state index in [9.17, 15) is 0 Å². The fourth-order valence-electron chi connectivity index (χ4n) is 1.20. The predicted octanol–water partition coefficient (Wildman–Crippen LogP) is 1.18. The van der Waals surface area contributed by atoms with E-state index in [1.807, 2.05) is 26.2 Å². The van der Waals surface area contributed by atoms with Crippen molar-refractivity contribution >= 4 is 0 Å². The van der Waals surface area contributed by atoms with Crippen molar-refractivity contribution in [1.82, 2.24) is 9.55 Å². The van der Waals surface area contributed by atoms with Gasteiger partial charge < -0.3 is 10.3 Å². The zero-order chi connectivity index (χ0) is 9.19. The molecule has 0 atom stereocenters. The Kier molecular flexibility index (Phi) is 2.52.